The molecular weight excluding hydrogens is 370 g/mol. The smallest absolute Gasteiger partial charge is 0.285 e. The van der Waals surface area contributed by atoms with E-state index in [-0.39, 0.29) is 12.1 Å². The van der Waals surface area contributed by atoms with Crippen LogP contribution in [0, 0.1) is 0 Å². The van der Waals surface area contributed by atoms with Gasteiger partial charge in [0.05, 0.1) is 12.7 Å². The molecule has 144 valence electrons. The van der Waals surface area contributed by atoms with Gasteiger partial charge in [-0.2, -0.15) is 15.0 Å². The third-order valence-corrected chi connectivity index (χ3v) is 4.23. The summed E-state index contributed by atoms with van der Waals surface area (Å²) in [5, 5.41) is 12.6. The Bertz CT molecular complexity index is 1180. The first kappa shape index (κ1) is 17.8. The van der Waals surface area contributed by atoms with Gasteiger partial charge in [-0.05, 0) is 24.3 Å². The molecular formula is C18H16F2N6O2. The first-order valence-corrected chi connectivity index (χ1v) is 8.45. The Balaban J connectivity index is 1.93. The van der Waals surface area contributed by atoms with Gasteiger partial charge in [-0.15, -0.1) is 5.10 Å². The van der Waals surface area contributed by atoms with Crippen LogP contribution in [0.15, 0.2) is 47.7 Å². The van der Waals surface area contributed by atoms with E-state index in [1.54, 1.807) is 54.6 Å². The quantitative estimate of drug-likeness (QED) is 0.508. The molecule has 0 spiro atoms. The van der Waals surface area contributed by atoms with Gasteiger partial charge in [0.25, 0.3) is 5.56 Å². The average Bonchev–Trinajstić information content (AvgIpc) is 3.30. The summed E-state index contributed by atoms with van der Waals surface area (Å²) in [5.41, 5.74) is 2.02. The van der Waals surface area contributed by atoms with Crippen molar-refractivity contribution in [3.63, 3.8) is 0 Å². The second-order valence-electron chi connectivity index (χ2n) is 6.05. The van der Waals surface area contributed by atoms with Gasteiger partial charge >= 0.3 is 0 Å². The van der Waals surface area contributed by atoms with E-state index in [1.807, 2.05) is 0 Å². The fraction of sp³-hybridized carbons (Fsp3) is 0.222. The van der Waals surface area contributed by atoms with Gasteiger partial charge in [-0.25, -0.2) is 8.78 Å². The van der Waals surface area contributed by atoms with Crippen LogP contribution in [0.1, 0.15) is 0 Å². The number of ether oxygens (including phenoxy) is 1. The molecule has 10 heteroatoms. The summed E-state index contributed by atoms with van der Waals surface area (Å²) in [4.78, 5) is 14.2. The molecule has 0 fully saturated rings. The molecule has 3 aromatic heterocycles. The van der Waals surface area contributed by atoms with Crippen molar-refractivity contribution in [1.29, 1.82) is 0 Å². The molecule has 0 saturated heterocycles. The van der Waals surface area contributed by atoms with Crippen molar-refractivity contribution < 1.29 is 13.5 Å². The van der Waals surface area contributed by atoms with E-state index in [1.165, 1.54) is 9.36 Å². The second kappa shape index (κ2) is 7.22. The normalized spacial score (nSPS) is 11.2. The standard InChI is InChI=1S/C18H16F2N6O2/c1-24-9-12(8-21-24)15-10-25(13-2-4-14(5-3-13)28-11-20)18(27)17-16(15)22-26(23-17)7-6-19/h2-5,8-10H,6-7,11H2,1H3. The average molecular weight is 386 g/mol. The van der Waals surface area contributed by atoms with Crippen molar-refractivity contribution in [1.82, 2.24) is 29.3 Å². The highest BCUT2D eigenvalue weighted by atomic mass is 19.1. The lowest BCUT2D eigenvalue weighted by molar-refractivity contribution is 0.192. The maximum atomic E-state index is 13.0. The van der Waals surface area contributed by atoms with E-state index in [4.69, 9.17) is 4.74 Å². The molecule has 0 aliphatic carbocycles. The zero-order valence-electron chi connectivity index (χ0n) is 14.9. The van der Waals surface area contributed by atoms with E-state index >= 15 is 0 Å². The number of hydrogen-bond donors (Lipinski definition) is 0. The number of halogens is 2. The zero-order chi connectivity index (χ0) is 19.7. The lowest BCUT2D eigenvalue weighted by atomic mass is 10.1. The summed E-state index contributed by atoms with van der Waals surface area (Å²) in [5.74, 6) is 0.349. The minimum atomic E-state index is -0.936. The van der Waals surface area contributed by atoms with E-state index in [0.717, 1.165) is 5.56 Å². The lowest BCUT2D eigenvalue weighted by Crippen LogP contribution is -2.18. The zero-order valence-corrected chi connectivity index (χ0v) is 14.9. The van der Waals surface area contributed by atoms with Gasteiger partial charge in [0.1, 0.15) is 17.9 Å². The number of fused-ring (bicyclic) bond motifs is 1. The minimum absolute atomic E-state index is 0.0458. The molecule has 0 N–H and O–H groups in total. The molecule has 0 aliphatic rings. The van der Waals surface area contributed by atoms with E-state index < -0.39 is 19.1 Å². The van der Waals surface area contributed by atoms with Crippen molar-refractivity contribution in [2.24, 2.45) is 7.05 Å². The first-order chi connectivity index (χ1) is 13.6. The van der Waals surface area contributed by atoms with Crippen molar-refractivity contribution in [3.05, 3.63) is 53.2 Å². The Morgan fingerprint density at radius 1 is 1.07 bits per heavy atom. The highest BCUT2D eigenvalue weighted by Gasteiger charge is 2.18. The number of benzene rings is 1. The molecule has 0 radical (unpaired) electrons. The highest BCUT2D eigenvalue weighted by Crippen LogP contribution is 2.26. The number of pyridine rings is 1. The predicted molar refractivity (Wildman–Crippen MR) is 97.9 cm³/mol. The van der Waals surface area contributed by atoms with Gasteiger partial charge < -0.3 is 4.74 Å². The Labute approximate surface area is 157 Å². The molecule has 4 aromatic rings. The maximum Gasteiger partial charge on any atom is 0.285 e. The van der Waals surface area contributed by atoms with Crippen molar-refractivity contribution in [2.75, 3.05) is 13.5 Å². The van der Waals surface area contributed by atoms with Crippen LogP contribution in [-0.2, 0) is 13.6 Å². The molecule has 0 aliphatic heterocycles. The van der Waals surface area contributed by atoms with Crippen molar-refractivity contribution in [3.8, 4) is 22.6 Å². The van der Waals surface area contributed by atoms with Crippen molar-refractivity contribution >= 4 is 11.0 Å². The Morgan fingerprint density at radius 3 is 2.46 bits per heavy atom. The predicted octanol–water partition coefficient (Wildman–Crippen LogP) is 2.26. The summed E-state index contributed by atoms with van der Waals surface area (Å²) in [6, 6.07) is 6.40. The molecule has 0 saturated carbocycles. The van der Waals surface area contributed by atoms with Crippen LogP contribution in [0.4, 0.5) is 8.78 Å². The van der Waals surface area contributed by atoms with E-state index in [0.29, 0.717) is 22.5 Å². The summed E-state index contributed by atoms with van der Waals surface area (Å²) >= 11 is 0. The van der Waals surface area contributed by atoms with Crippen LogP contribution >= 0.6 is 0 Å². The largest absolute Gasteiger partial charge is 0.463 e. The number of alkyl halides is 2. The fourth-order valence-electron chi connectivity index (χ4n) is 2.94. The van der Waals surface area contributed by atoms with Crippen LogP contribution in [0.3, 0.4) is 0 Å². The SMILES string of the molecule is Cn1cc(-c2cn(-c3ccc(OCF)cc3)c(=O)c3nn(CCF)nc23)cn1. The molecule has 1 aromatic carbocycles. The van der Waals surface area contributed by atoms with Gasteiger partial charge in [0.15, 0.2) is 5.52 Å². The topological polar surface area (TPSA) is 79.8 Å². The monoisotopic (exact) mass is 386 g/mol. The van der Waals surface area contributed by atoms with Gasteiger partial charge in [0, 0.05) is 36.3 Å². The van der Waals surface area contributed by atoms with Crippen molar-refractivity contribution in [2.45, 2.75) is 6.54 Å². The molecule has 3 heterocycles. The number of rotatable bonds is 6. The first-order valence-electron chi connectivity index (χ1n) is 8.45. The summed E-state index contributed by atoms with van der Waals surface area (Å²) < 4.78 is 32.9. The third-order valence-electron chi connectivity index (χ3n) is 4.23. The number of aryl methyl sites for hydroxylation is 2. The molecule has 8 nitrogen and oxygen atoms in total. The number of aromatic nitrogens is 6. The highest BCUT2D eigenvalue weighted by molar-refractivity contribution is 5.90. The van der Waals surface area contributed by atoms with Gasteiger partial charge in [0.2, 0.25) is 6.86 Å². The molecule has 0 unspecified atom stereocenters. The fourth-order valence-corrected chi connectivity index (χ4v) is 2.94. The molecule has 0 amide bonds. The minimum Gasteiger partial charge on any atom is -0.463 e. The Kier molecular flexibility index (Phi) is 4.60. The molecule has 0 atom stereocenters. The van der Waals surface area contributed by atoms with Crippen LogP contribution in [0.5, 0.6) is 5.75 Å². The van der Waals surface area contributed by atoms with Crippen LogP contribution < -0.4 is 10.3 Å². The molecule has 4 rings (SSSR count). The second-order valence-corrected chi connectivity index (χ2v) is 6.05. The molecule has 0 bridgehead atoms. The number of nitrogens with zero attached hydrogens (tertiary/aromatic N) is 6. The van der Waals surface area contributed by atoms with Crippen LogP contribution in [-0.4, -0.2) is 42.9 Å². The summed E-state index contributed by atoms with van der Waals surface area (Å²) in [6.45, 7) is -1.63. The Hall–Kier alpha value is -3.56. The Morgan fingerprint density at radius 2 is 1.82 bits per heavy atom. The summed E-state index contributed by atoms with van der Waals surface area (Å²) in [6.07, 6.45) is 5.08. The maximum absolute atomic E-state index is 13.0. The van der Waals surface area contributed by atoms with E-state index in [2.05, 4.69) is 15.3 Å². The number of hydrogen-bond acceptors (Lipinski definition) is 5. The van der Waals surface area contributed by atoms with Gasteiger partial charge in [-0.3, -0.25) is 14.0 Å². The van der Waals surface area contributed by atoms with Crippen LogP contribution in [0.25, 0.3) is 27.8 Å². The van der Waals surface area contributed by atoms with Gasteiger partial charge in [-0.1, -0.05) is 0 Å². The van der Waals surface area contributed by atoms with E-state index in [9.17, 15) is 13.6 Å². The lowest BCUT2D eigenvalue weighted by Gasteiger charge is -2.09. The molecule has 28 heavy (non-hydrogen) atoms. The summed E-state index contributed by atoms with van der Waals surface area (Å²) in [7, 11) is 1.78. The third kappa shape index (κ3) is 3.13. The van der Waals surface area contributed by atoms with Crippen LogP contribution in [0.2, 0.25) is 0 Å².